The van der Waals surface area contributed by atoms with Crippen molar-refractivity contribution < 1.29 is 0 Å². The molecule has 0 radical (unpaired) electrons. The third kappa shape index (κ3) is 2.30. The maximum absolute atomic E-state index is 2.71. The Kier molecular flexibility index (Phi) is 3.34. The Balaban J connectivity index is 1.45. The minimum absolute atomic E-state index is 0.103. The predicted molar refractivity (Wildman–Crippen MR) is 86.9 cm³/mol. The fourth-order valence-electron chi connectivity index (χ4n) is 3.70. The summed E-state index contributed by atoms with van der Waals surface area (Å²) in [7, 11) is 0.103. The smallest absolute Gasteiger partial charge is 0.0237 e. The highest BCUT2D eigenvalue weighted by Crippen LogP contribution is 2.54. The van der Waals surface area contributed by atoms with Gasteiger partial charge in [0, 0.05) is 19.1 Å². The summed E-state index contributed by atoms with van der Waals surface area (Å²) in [4.78, 5) is 2.71. The van der Waals surface area contributed by atoms with Crippen molar-refractivity contribution in [1.29, 1.82) is 0 Å². The van der Waals surface area contributed by atoms with Crippen LogP contribution in [0, 0.1) is 0 Å². The van der Waals surface area contributed by atoms with E-state index in [1.165, 1.54) is 24.7 Å². The molecule has 0 spiro atoms. The van der Waals surface area contributed by atoms with Crippen molar-refractivity contribution >= 4 is 13.2 Å². The van der Waals surface area contributed by atoms with Gasteiger partial charge in [0.2, 0.25) is 0 Å². The monoisotopic (exact) mass is 281 g/mol. The zero-order valence-electron chi connectivity index (χ0n) is 11.7. The molecular formula is C18H20NP. The molecule has 0 saturated carbocycles. The predicted octanol–water partition coefficient (Wildman–Crippen LogP) is 3.45. The first-order valence-corrected chi connectivity index (χ1v) is 9.09. The number of nitrogens with zero attached hydrogens (tertiary/aromatic N) is 1. The van der Waals surface area contributed by atoms with Crippen molar-refractivity contribution in [2.45, 2.75) is 24.7 Å². The maximum Gasteiger partial charge on any atom is 0.0237 e. The molecule has 2 aromatic rings. The summed E-state index contributed by atoms with van der Waals surface area (Å²) in [5, 5.41) is 1.62. The normalized spacial score (nSPS) is 28.9. The van der Waals surface area contributed by atoms with E-state index in [9.17, 15) is 0 Å². The minimum Gasteiger partial charge on any atom is -0.295 e. The fraction of sp³-hybridized carbons (Fsp3) is 0.333. The molecule has 0 aliphatic carbocycles. The number of likely N-dealkylation sites (tertiary alicyclic amines) is 1. The van der Waals surface area contributed by atoms with E-state index in [-0.39, 0.29) is 7.92 Å². The van der Waals surface area contributed by atoms with Crippen LogP contribution in [0.2, 0.25) is 0 Å². The van der Waals surface area contributed by atoms with Gasteiger partial charge >= 0.3 is 0 Å². The van der Waals surface area contributed by atoms with Gasteiger partial charge in [0.1, 0.15) is 0 Å². The average molecular weight is 281 g/mol. The molecule has 0 N–H and O–H groups in total. The number of rotatable bonds is 3. The summed E-state index contributed by atoms with van der Waals surface area (Å²) in [6.45, 7) is 2.44. The summed E-state index contributed by atoms with van der Waals surface area (Å²) in [5.74, 6) is 0. The molecule has 20 heavy (non-hydrogen) atoms. The molecule has 2 fully saturated rings. The quantitative estimate of drug-likeness (QED) is 0.779. The lowest BCUT2D eigenvalue weighted by atomic mass is 10.2. The van der Waals surface area contributed by atoms with Crippen molar-refractivity contribution in [2.24, 2.45) is 0 Å². The van der Waals surface area contributed by atoms with Gasteiger partial charge in [-0.15, -0.1) is 0 Å². The van der Waals surface area contributed by atoms with Crippen LogP contribution in [0.3, 0.4) is 0 Å². The Bertz CT molecular complexity index is 568. The van der Waals surface area contributed by atoms with Crippen LogP contribution in [-0.2, 0) is 6.54 Å². The number of hydrogen-bond donors (Lipinski definition) is 0. The van der Waals surface area contributed by atoms with Crippen molar-refractivity contribution in [3.05, 3.63) is 66.2 Å². The van der Waals surface area contributed by atoms with E-state index in [0.717, 1.165) is 18.2 Å². The standard InChI is InChI=1S/C18H20NP/c1-3-7-15(8-4-1)12-19-13-18-11-16(19)14-20(18)17-9-5-2-6-10-17/h1-10,16,18H,11-14H2/t16-,18+,20?/m0/s1. The second kappa shape index (κ2) is 5.31. The first kappa shape index (κ1) is 12.6. The van der Waals surface area contributed by atoms with Crippen LogP contribution < -0.4 is 5.30 Å². The first-order valence-electron chi connectivity index (χ1n) is 7.50. The Hall–Kier alpha value is -1.17. The van der Waals surface area contributed by atoms with Crippen molar-refractivity contribution in [1.82, 2.24) is 4.90 Å². The molecule has 0 amide bonds. The highest BCUT2D eigenvalue weighted by atomic mass is 31.1. The van der Waals surface area contributed by atoms with E-state index in [4.69, 9.17) is 0 Å². The lowest BCUT2D eigenvalue weighted by molar-refractivity contribution is 0.259. The van der Waals surface area contributed by atoms with Gasteiger partial charge in [-0.25, -0.2) is 0 Å². The van der Waals surface area contributed by atoms with Crippen LogP contribution in [0.4, 0.5) is 0 Å². The Morgan fingerprint density at radius 1 is 0.950 bits per heavy atom. The van der Waals surface area contributed by atoms with E-state index in [1.807, 2.05) is 0 Å². The van der Waals surface area contributed by atoms with Gasteiger partial charge in [-0.05, 0) is 29.1 Å². The van der Waals surface area contributed by atoms with E-state index in [1.54, 1.807) is 5.30 Å². The molecule has 2 heteroatoms. The molecule has 2 aliphatic heterocycles. The molecule has 2 heterocycles. The van der Waals surface area contributed by atoms with Crippen molar-refractivity contribution in [3.8, 4) is 0 Å². The highest BCUT2D eigenvalue weighted by molar-refractivity contribution is 7.66. The van der Waals surface area contributed by atoms with Gasteiger partial charge < -0.3 is 0 Å². The van der Waals surface area contributed by atoms with Crippen LogP contribution in [0.5, 0.6) is 0 Å². The zero-order valence-corrected chi connectivity index (χ0v) is 12.5. The first-order chi connectivity index (χ1) is 9.90. The molecular weight excluding hydrogens is 261 g/mol. The number of fused-ring (bicyclic) bond motifs is 2. The van der Waals surface area contributed by atoms with E-state index >= 15 is 0 Å². The maximum atomic E-state index is 2.71. The van der Waals surface area contributed by atoms with Gasteiger partial charge in [-0.1, -0.05) is 68.6 Å². The van der Waals surface area contributed by atoms with E-state index in [0.29, 0.717) is 0 Å². The van der Waals surface area contributed by atoms with Crippen LogP contribution in [0.25, 0.3) is 0 Å². The summed E-state index contributed by atoms with van der Waals surface area (Å²) in [6.07, 6.45) is 2.84. The molecule has 102 valence electrons. The lowest BCUT2D eigenvalue weighted by Crippen LogP contribution is -2.35. The third-order valence-corrected chi connectivity index (χ3v) is 7.70. The largest absolute Gasteiger partial charge is 0.295 e. The Morgan fingerprint density at radius 3 is 2.30 bits per heavy atom. The number of benzene rings is 2. The van der Waals surface area contributed by atoms with Crippen molar-refractivity contribution in [3.63, 3.8) is 0 Å². The molecule has 3 atom stereocenters. The van der Waals surface area contributed by atoms with Gasteiger partial charge in [0.15, 0.2) is 0 Å². The molecule has 2 saturated heterocycles. The van der Waals surface area contributed by atoms with Crippen LogP contribution in [0.15, 0.2) is 60.7 Å². The Morgan fingerprint density at radius 2 is 1.65 bits per heavy atom. The van der Waals surface area contributed by atoms with Gasteiger partial charge in [0.25, 0.3) is 0 Å². The van der Waals surface area contributed by atoms with Crippen molar-refractivity contribution in [2.75, 3.05) is 12.7 Å². The van der Waals surface area contributed by atoms with E-state index < -0.39 is 0 Å². The highest BCUT2D eigenvalue weighted by Gasteiger charge is 2.44. The number of hydrogen-bond acceptors (Lipinski definition) is 1. The average Bonchev–Trinajstić information content (AvgIpc) is 3.09. The van der Waals surface area contributed by atoms with Gasteiger partial charge in [-0.2, -0.15) is 0 Å². The molecule has 2 aliphatic rings. The zero-order chi connectivity index (χ0) is 13.4. The van der Waals surface area contributed by atoms with Gasteiger partial charge in [0.05, 0.1) is 0 Å². The fourth-order valence-corrected chi connectivity index (χ4v) is 6.92. The summed E-state index contributed by atoms with van der Waals surface area (Å²) >= 11 is 0. The Labute approximate surface area is 122 Å². The molecule has 2 aromatic carbocycles. The minimum atomic E-state index is 0.103. The molecule has 0 aromatic heterocycles. The second-order valence-electron chi connectivity index (χ2n) is 5.95. The lowest BCUT2D eigenvalue weighted by Gasteiger charge is -2.32. The van der Waals surface area contributed by atoms with Crippen LogP contribution in [-0.4, -0.2) is 29.3 Å². The summed E-state index contributed by atoms with van der Waals surface area (Å²) in [6, 6.07) is 23.0. The van der Waals surface area contributed by atoms with Gasteiger partial charge in [-0.3, -0.25) is 4.90 Å². The molecule has 1 unspecified atom stereocenters. The SMILES string of the molecule is c1ccc(CN2C[C@H]3C[C@H]2CP3c2ccccc2)cc1. The topological polar surface area (TPSA) is 3.24 Å². The van der Waals surface area contributed by atoms with E-state index in [2.05, 4.69) is 65.6 Å². The molecule has 1 nitrogen and oxygen atoms in total. The molecule has 2 bridgehead atoms. The third-order valence-electron chi connectivity index (χ3n) is 4.67. The van der Waals surface area contributed by atoms with Crippen LogP contribution in [0.1, 0.15) is 12.0 Å². The summed E-state index contributed by atoms with van der Waals surface area (Å²) in [5.41, 5.74) is 2.39. The molecule has 4 rings (SSSR count). The van der Waals surface area contributed by atoms with Crippen LogP contribution >= 0.6 is 7.92 Å². The summed E-state index contributed by atoms with van der Waals surface area (Å²) < 4.78 is 0. The second-order valence-corrected chi connectivity index (χ2v) is 8.50.